The van der Waals surface area contributed by atoms with Gasteiger partial charge < -0.3 is 20.3 Å². The zero-order valence-corrected chi connectivity index (χ0v) is 25.8. The first-order chi connectivity index (χ1) is 18.6. The number of imidazole rings is 1. The average molecular weight is 670 g/mol. The number of rotatable bonds is 10. The van der Waals surface area contributed by atoms with Crippen molar-refractivity contribution in [2.75, 3.05) is 51.0 Å². The van der Waals surface area contributed by atoms with Crippen LogP contribution in [-0.2, 0) is 20.5 Å². The minimum atomic E-state index is -0.762. The van der Waals surface area contributed by atoms with Gasteiger partial charge in [-0.3, -0.25) is 9.80 Å². The first kappa shape index (κ1) is 29.6. The molecule has 1 aromatic carbocycles. The highest BCUT2D eigenvalue weighted by Crippen LogP contribution is 2.30. The predicted octanol–water partition coefficient (Wildman–Crippen LogP) is 3.32. The molecule has 0 saturated carbocycles. The summed E-state index contributed by atoms with van der Waals surface area (Å²) in [6.07, 6.45) is 1.73. The summed E-state index contributed by atoms with van der Waals surface area (Å²) in [5, 5.41) is 9.53. The largest absolute Gasteiger partial charge is 0.384 e. The molecule has 0 bridgehead atoms. The average Bonchev–Trinajstić information content (AvgIpc) is 3.46. The van der Waals surface area contributed by atoms with Crippen LogP contribution in [0.25, 0.3) is 0 Å². The molecule has 13 heteroatoms. The topological polar surface area (TPSA) is 112 Å². The lowest BCUT2D eigenvalue weighted by Crippen LogP contribution is -2.62. The van der Waals surface area contributed by atoms with Gasteiger partial charge in [0.25, 0.3) is 0 Å². The van der Waals surface area contributed by atoms with Crippen molar-refractivity contribution in [2.45, 2.75) is 42.5 Å². The number of anilines is 1. The van der Waals surface area contributed by atoms with Crippen molar-refractivity contribution in [3.63, 3.8) is 0 Å². The fourth-order valence-corrected chi connectivity index (χ4v) is 6.35. The van der Waals surface area contributed by atoms with E-state index in [0.29, 0.717) is 56.6 Å². The maximum atomic E-state index is 13.8. The molecule has 2 aromatic rings. The zero-order valence-electron chi connectivity index (χ0n) is 22.8. The molecule has 4 amide bonds. The Bertz CT molecular complexity index is 1180. The zero-order chi connectivity index (χ0) is 28.2. The SMILES string of the molecule is COCCSC(C)(C)[C@@H](NC(=O)Nc1ccc(CI)cc1)C(=O)N1CCN(N2Cc3cnc(C)n3C2=O)CC1. The van der Waals surface area contributed by atoms with Crippen LogP contribution in [0.2, 0.25) is 0 Å². The number of carbonyl (C=O) groups is 3. The van der Waals surface area contributed by atoms with E-state index in [1.54, 1.807) is 39.5 Å². The molecular weight excluding hydrogens is 633 g/mol. The molecule has 3 heterocycles. The summed E-state index contributed by atoms with van der Waals surface area (Å²) in [4.78, 5) is 45.8. The number of amides is 4. The van der Waals surface area contributed by atoms with Gasteiger partial charge in [0, 0.05) is 53.9 Å². The Morgan fingerprint density at radius 3 is 2.49 bits per heavy atom. The van der Waals surface area contributed by atoms with E-state index in [4.69, 9.17) is 4.74 Å². The number of hydrogen-bond acceptors (Lipinski definition) is 7. The normalized spacial score (nSPS) is 16.8. The number of ether oxygens (including phenoxy) is 1. The molecule has 1 aromatic heterocycles. The number of nitrogens with one attached hydrogen (secondary N) is 2. The van der Waals surface area contributed by atoms with Crippen LogP contribution >= 0.6 is 34.4 Å². The Morgan fingerprint density at radius 2 is 1.87 bits per heavy atom. The Hall–Kier alpha value is -2.36. The second-order valence-electron chi connectivity index (χ2n) is 10.1. The summed E-state index contributed by atoms with van der Waals surface area (Å²) in [5.41, 5.74) is 2.70. The molecule has 39 heavy (non-hydrogen) atoms. The van der Waals surface area contributed by atoms with Crippen LogP contribution in [-0.4, -0.2) is 98.9 Å². The Kier molecular flexibility index (Phi) is 9.78. The van der Waals surface area contributed by atoms with Crippen molar-refractivity contribution in [3.05, 3.63) is 47.5 Å². The number of hydrazine groups is 1. The number of halogens is 1. The highest BCUT2D eigenvalue weighted by Gasteiger charge is 2.41. The lowest BCUT2D eigenvalue weighted by molar-refractivity contribution is -0.137. The van der Waals surface area contributed by atoms with Gasteiger partial charge in [0.2, 0.25) is 5.91 Å². The molecule has 1 atom stereocenters. The lowest BCUT2D eigenvalue weighted by atomic mass is 10.0. The number of urea groups is 1. The number of aryl methyl sites for hydroxylation is 1. The fraction of sp³-hybridized carbons (Fsp3) is 0.538. The first-order valence-corrected chi connectivity index (χ1v) is 15.4. The first-order valence-electron chi connectivity index (χ1n) is 12.9. The van der Waals surface area contributed by atoms with Crippen LogP contribution in [0.4, 0.5) is 15.3 Å². The highest BCUT2D eigenvalue weighted by atomic mass is 127. The summed E-state index contributed by atoms with van der Waals surface area (Å²) in [5.74, 6) is 1.22. The van der Waals surface area contributed by atoms with E-state index in [0.717, 1.165) is 10.1 Å². The fourth-order valence-electron chi connectivity index (χ4n) is 4.74. The van der Waals surface area contributed by atoms with Gasteiger partial charge in [-0.15, -0.1) is 0 Å². The van der Waals surface area contributed by atoms with E-state index < -0.39 is 16.8 Å². The maximum Gasteiger partial charge on any atom is 0.344 e. The Balaban J connectivity index is 1.41. The molecule has 0 unspecified atom stereocenters. The molecule has 2 aliphatic rings. The van der Waals surface area contributed by atoms with E-state index in [2.05, 4.69) is 38.2 Å². The van der Waals surface area contributed by atoms with Crippen molar-refractivity contribution < 1.29 is 19.1 Å². The van der Waals surface area contributed by atoms with Crippen LogP contribution in [0, 0.1) is 6.92 Å². The number of methoxy groups -OCH3 is 1. The molecule has 212 valence electrons. The number of hydrogen-bond donors (Lipinski definition) is 2. The van der Waals surface area contributed by atoms with Gasteiger partial charge in [0.15, 0.2) is 0 Å². The molecule has 1 saturated heterocycles. The second-order valence-corrected chi connectivity index (χ2v) is 12.6. The third-order valence-corrected chi connectivity index (χ3v) is 9.22. The van der Waals surface area contributed by atoms with E-state index >= 15 is 0 Å². The lowest BCUT2D eigenvalue weighted by Gasteiger charge is -2.42. The van der Waals surface area contributed by atoms with Crippen LogP contribution < -0.4 is 10.6 Å². The Morgan fingerprint density at radius 1 is 1.18 bits per heavy atom. The molecular formula is C26H36IN7O4S. The molecule has 1 fully saturated rings. The molecule has 4 rings (SSSR count). The number of benzene rings is 1. The summed E-state index contributed by atoms with van der Waals surface area (Å²) >= 11 is 3.88. The van der Waals surface area contributed by atoms with Crippen LogP contribution in [0.15, 0.2) is 30.5 Å². The van der Waals surface area contributed by atoms with Crippen molar-refractivity contribution in [2.24, 2.45) is 0 Å². The second kappa shape index (κ2) is 12.9. The third-order valence-electron chi connectivity index (χ3n) is 6.99. The summed E-state index contributed by atoms with van der Waals surface area (Å²) in [7, 11) is 1.64. The van der Waals surface area contributed by atoms with Gasteiger partial charge in [-0.05, 0) is 38.5 Å². The van der Waals surface area contributed by atoms with Crippen molar-refractivity contribution >= 4 is 58.0 Å². The number of thioether (sulfide) groups is 1. The number of carbonyl (C=O) groups excluding carboxylic acids is 3. The number of piperazine rings is 1. The quantitative estimate of drug-likeness (QED) is 0.227. The molecule has 0 aliphatic carbocycles. The summed E-state index contributed by atoms with van der Waals surface area (Å²) in [6, 6.07) is 6.35. The van der Waals surface area contributed by atoms with Gasteiger partial charge in [0.1, 0.15) is 11.9 Å². The van der Waals surface area contributed by atoms with Crippen LogP contribution in [0.1, 0.15) is 30.9 Å². The van der Waals surface area contributed by atoms with Gasteiger partial charge >= 0.3 is 12.1 Å². The van der Waals surface area contributed by atoms with Gasteiger partial charge in [-0.1, -0.05) is 34.7 Å². The third kappa shape index (κ3) is 6.87. The van der Waals surface area contributed by atoms with Crippen molar-refractivity contribution in [1.82, 2.24) is 29.8 Å². The molecule has 2 aliphatic heterocycles. The van der Waals surface area contributed by atoms with E-state index in [-0.39, 0.29) is 11.9 Å². The van der Waals surface area contributed by atoms with Crippen LogP contribution in [0.3, 0.4) is 0 Å². The molecule has 0 radical (unpaired) electrons. The van der Waals surface area contributed by atoms with Gasteiger partial charge in [-0.2, -0.15) is 11.8 Å². The van der Waals surface area contributed by atoms with Gasteiger partial charge in [0.05, 0.1) is 25.0 Å². The summed E-state index contributed by atoms with van der Waals surface area (Å²) in [6.45, 7) is 8.71. The smallest absolute Gasteiger partial charge is 0.344 e. The van der Waals surface area contributed by atoms with Crippen molar-refractivity contribution in [3.8, 4) is 0 Å². The number of nitrogens with zero attached hydrogens (tertiary/aromatic N) is 5. The van der Waals surface area contributed by atoms with Crippen LogP contribution in [0.5, 0.6) is 0 Å². The highest BCUT2D eigenvalue weighted by molar-refractivity contribution is 14.1. The number of aromatic nitrogens is 2. The van der Waals surface area contributed by atoms with E-state index in [1.165, 1.54) is 5.56 Å². The van der Waals surface area contributed by atoms with Gasteiger partial charge in [-0.25, -0.2) is 24.1 Å². The number of fused-ring (bicyclic) bond motifs is 1. The minimum Gasteiger partial charge on any atom is -0.384 e. The monoisotopic (exact) mass is 669 g/mol. The molecule has 0 spiro atoms. The summed E-state index contributed by atoms with van der Waals surface area (Å²) < 4.78 is 7.13. The predicted molar refractivity (Wildman–Crippen MR) is 160 cm³/mol. The van der Waals surface area contributed by atoms with Crippen molar-refractivity contribution in [1.29, 1.82) is 0 Å². The number of alkyl halides is 1. The van der Waals surface area contributed by atoms with E-state index in [9.17, 15) is 14.4 Å². The molecule has 11 nitrogen and oxygen atoms in total. The Labute approximate surface area is 247 Å². The van der Waals surface area contributed by atoms with E-state index in [1.807, 2.05) is 50.0 Å². The molecule has 2 N–H and O–H groups in total. The standard InChI is InChI=1S/C26H36IN7O4S/c1-18-28-16-21-17-33(25(37)34(18)21)32-11-9-31(10-12-32)23(35)22(26(2,3)39-14-13-38-4)30-24(36)29-20-7-5-19(15-27)6-8-20/h5-8,16,22H,9-15,17H2,1-4H3,(H2,29,30,36)/t22-/m0/s1. The maximum absolute atomic E-state index is 13.8. The minimum absolute atomic E-state index is 0.113.